The van der Waals surface area contributed by atoms with Crippen LogP contribution in [0.1, 0.15) is 10.4 Å². The van der Waals surface area contributed by atoms with Crippen molar-refractivity contribution in [3.8, 4) is 11.8 Å². The summed E-state index contributed by atoms with van der Waals surface area (Å²) in [5.41, 5.74) is 0.994. The lowest BCUT2D eigenvalue weighted by atomic mass is 10.3. The summed E-state index contributed by atoms with van der Waals surface area (Å²) < 4.78 is 1.01. The Kier molecular flexibility index (Phi) is 5.26. The molecule has 2 heterocycles. The molecule has 5 heteroatoms. The molecule has 2 aromatic heterocycles. The number of nitrogens with zero attached hydrogens (tertiary/aromatic N) is 1. The Bertz CT molecular complexity index is 586. The third-order valence-electron chi connectivity index (χ3n) is 2.11. The van der Waals surface area contributed by atoms with Gasteiger partial charge in [0.05, 0.1) is 0 Å². The summed E-state index contributed by atoms with van der Waals surface area (Å²) in [6, 6.07) is 5.87. The summed E-state index contributed by atoms with van der Waals surface area (Å²) in [6.45, 7) is -0.103. The molecule has 1 N–H and O–H groups in total. The topological polar surface area (TPSA) is 33.1 Å². The fraction of sp³-hybridized carbons (Fsp3) is 0.154. The second kappa shape index (κ2) is 6.95. The fourth-order valence-corrected chi connectivity index (χ4v) is 3.74. The lowest BCUT2D eigenvalue weighted by Crippen LogP contribution is -1.84. The molecule has 0 aliphatic rings. The largest absolute Gasteiger partial charge is 0.384 e. The molecular weight excluding hydrogens is 330 g/mol. The van der Waals surface area contributed by atoms with E-state index in [-0.39, 0.29) is 6.61 Å². The average molecular weight is 340 g/mol. The summed E-state index contributed by atoms with van der Waals surface area (Å²) >= 11 is 6.83. The van der Waals surface area contributed by atoms with Crippen molar-refractivity contribution in [1.29, 1.82) is 0 Å². The van der Waals surface area contributed by atoms with Gasteiger partial charge in [0.1, 0.15) is 11.6 Å². The number of thiophene rings is 1. The van der Waals surface area contributed by atoms with E-state index in [0.29, 0.717) is 0 Å². The molecule has 0 radical (unpaired) electrons. The van der Waals surface area contributed by atoms with E-state index in [1.807, 2.05) is 23.6 Å². The van der Waals surface area contributed by atoms with E-state index in [4.69, 9.17) is 5.11 Å². The van der Waals surface area contributed by atoms with E-state index >= 15 is 0 Å². The molecule has 0 aliphatic heterocycles. The van der Waals surface area contributed by atoms with Gasteiger partial charge < -0.3 is 5.11 Å². The molecule has 0 aliphatic carbocycles. The van der Waals surface area contributed by atoms with E-state index < -0.39 is 0 Å². The average Bonchev–Trinajstić information content (AvgIpc) is 2.83. The van der Waals surface area contributed by atoms with Crippen molar-refractivity contribution in [3.63, 3.8) is 0 Å². The van der Waals surface area contributed by atoms with Crippen LogP contribution in [-0.4, -0.2) is 16.7 Å². The van der Waals surface area contributed by atoms with Crippen molar-refractivity contribution in [3.05, 3.63) is 44.7 Å². The van der Waals surface area contributed by atoms with E-state index in [0.717, 1.165) is 20.8 Å². The Morgan fingerprint density at radius 1 is 1.44 bits per heavy atom. The number of aromatic nitrogens is 1. The predicted molar refractivity (Wildman–Crippen MR) is 79.8 cm³/mol. The molecule has 0 bridgehead atoms. The van der Waals surface area contributed by atoms with Crippen LogP contribution in [0.4, 0.5) is 0 Å². The molecule has 0 fully saturated rings. The number of pyridine rings is 1. The van der Waals surface area contributed by atoms with Crippen LogP contribution in [0.5, 0.6) is 0 Å². The summed E-state index contributed by atoms with van der Waals surface area (Å²) in [5, 5.41) is 11.7. The highest BCUT2D eigenvalue weighted by atomic mass is 79.9. The fourth-order valence-electron chi connectivity index (χ4n) is 1.31. The van der Waals surface area contributed by atoms with E-state index in [2.05, 4.69) is 32.8 Å². The van der Waals surface area contributed by atoms with Crippen LogP contribution in [0.15, 0.2) is 39.3 Å². The number of aliphatic hydroxyl groups is 1. The molecule has 2 rings (SSSR count). The van der Waals surface area contributed by atoms with Gasteiger partial charge in [0.2, 0.25) is 0 Å². The minimum Gasteiger partial charge on any atom is -0.384 e. The van der Waals surface area contributed by atoms with Crippen molar-refractivity contribution in [2.45, 2.75) is 10.8 Å². The number of thioether (sulfide) groups is 1. The zero-order valence-electron chi connectivity index (χ0n) is 9.39. The molecule has 0 unspecified atom stereocenters. The lowest BCUT2D eigenvalue weighted by Gasteiger charge is -2.01. The first-order valence-electron chi connectivity index (χ1n) is 5.20. The molecule has 18 heavy (non-hydrogen) atoms. The van der Waals surface area contributed by atoms with Crippen molar-refractivity contribution >= 4 is 39.0 Å². The highest BCUT2D eigenvalue weighted by Crippen LogP contribution is 2.30. The normalized spacial score (nSPS) is 9.89. The lowest BCUT2D eigenvalue weighted by molar-refractivity contribution is 0.350. The second-order valence-electron chi connectivity index (χ2n) is 3.30. The molecule has 0 atom stereocenters. The summed E-state index contributed by atoms with van der Waals surface area (Å²) in [6.07, 6.45) is 1.79. The van der Waals surface area contributed by atoms with Crippen molar-refractivity contribution < 1.29 is 5.11 Å². The second-order valence-corrected chi connectivity index (χ2v) is 6.12. The van der Waals surface area contributed by atoms with Gasteiger partial charge in [0.25, 0.3) is 0 Å². The number of aliphatic hydroxyl groups excluding tert-OH is 1. The highest BCUT2D eigenvalue weighted by Gasteiger charge is 2.06. The van der Waals surface area contributed by atoms with Gasteiger partial charge in [-0.3, -0.25) is 0 Å². The number of rotatable bonds is 3. The first-order valence-corrected chi connectivity index (χ1v) is 7.86. The monoisotopic (exact) mass is 339 g/mol. The SMILES string of the molecule is OCC#Cc1ccsc1CSc1ncccc1Br. The van der Waals surface area contributed by atoms with E-state index in [1.165, 1.54) is 4.88 Å². The van der Waals surface area contributed by atoms with Crippen LogP contribution in [0.25, 0.3) is 0 Å². The van der Waals surface area contributed by atoms with Crippen LogP contribution in [-0.2, 0) is 5.75 Å². The van der Waals surface area contributed by atoms with E-state index in [9.17, 15) is 0 Å². The van der Waals surface area contributed by atoms with Gasteiger partial charge >= 0.3 is 0 Å². The summed E-state index contributed by atoms with van der Waals surface area (Å²) in [4.78, 5) is 5.52. The van der Waals surface area contributed by atoms with Gasteiger partial charge in [-0.1, -0.05) is 23.6 Å². The van der Waals surface area contributed by atoms with Crippen LogP contribution in [0.2, 0.25) is 0 Å². The Morgan fingerprint density at radius 3 is 3.11 bits per heavy atom. The molecule has 0 amide bonds. The summed E-state index contributed by atoms with van der Waals surface area (Å²) in [5.74, 6) is 6.47. The smallest absolute Gasteiger partial charge is 0.111 e. The first-order chi connectivity index (χ1) is 8.81. The van der Waals surface area contributed by atoms with Crippen LogP contribution in [0.3, 0.4) is 0 Å². The Hall–Kier alpha value is -0.800. The van der Waals surface area contributed by atoms with Crippen LogP contribution < -0.4 is 0 Å². The molecule has 92 valence electrons. The van der Waals surface area contributed by atoms with Crippen LogP contribution in [0, 0.1) is 11.8 Å². The Morgan fingerprint density at radius 2 is 2.33 bits per heavy atom. The van der Waals surface area contributed by atoms with Gasteiger partial charge in [0.15, 0.2) is 0 Å². The van der Waals surface area contributed by atoms with Crippen molar-refractivity contribution in [2.75, 3.05) is 6.61 Å². The molecule has 0 saturated carbocycles. The molecule has 2 aromatic rings. The zero-order valence-corrected chi connectivity index (χ0v) is 12.6. The van der Waals surface area contributed by atoms with Gasteiger partial charge in [-0.05, 0) is 39.5 Å². The van der Waals surface area contributed by atoms with Gasteiger partial charge in [-0.15, -0.1) is 11.3 Å². The molecular formula is C13H10BrNOS2. The third-order valence-corrected chi connectivity index (χ3v) is 5.15. The van der Waals surface area contributed by atoms with Gasteiger partial charge in [-0.2, -0.15) is 0 Å². The molecule has 0 aromatic carbocycles. The molecule has 0 saturated heterocycles. The van der Waals surface area contributed by atoms with Gasteiger partial charge in [-0.25, -0.2) is 4.98 Å². The zero-order chi connectivity index (χ0) is 12.8. The molecule has 0 spiro atoms. The van der Waals surface area contributed by atoms with Crippen molar-refractivity contribution in [2.24, 2.45) is 0 Å². The minimum atomic E-state index is -0.103. The maximum Gasteiger partial charge on any atom is 0.111 e. The quantitative estimate of drug-likeness (QED) is 0.685. The van der Waals surface area contributed by atoms with E-state index in [1.54, 1.807) is 29.3 Å². The van der Waals surface area contributed by atoms with Crippen LogP contribution >= 0.6 is 39.0 Å². The maximum absolute atomic E-state index is 8.71. The van der Waals surface area contributed by atoms with Crippen molar-refractivity contribution in [1.82, 2.24) is 4.98 Å². The number of hydrogen-bond donors (Lipinski definition) is 1. The molecule has 2 nitrogen and oxygen atoms in total. The predicted octanol–water partition coefficient (Wildman–Crippen LogP) is 3.54. The standard InChI is InChI=1S/C13H10BrNOS2/c14-11-4-1-6-15-13(11)18-9-12-10(3-2-7-16)5-8-17-12/h1,4-6,8,16H,7,9H2. The highest BCUT2D eigenvalue weighted by molar-refractivity contribution is 9.10. The first kappa shape index (κ1) is 13.6. The Labute approximate surface area is 123 Å². The maximum atomic E-state index is 8.71. The Balaban J connectivity index is 2.07. The number of halogens is 1. The number of hydrogen-bond acceptors (Lipinski definition) is 4. The third kappa shape index (κ3) is 3.59. The van der Waals surface area contributed by atoms with Gasteiger partial charge in [0, 0.05) is 26.9 Å². The summed E-state index contributed by atoms with van der Waals surface area (Å²) in [7, 11) is 0. The minimum absolute atomic E-state index is 0.103.